The van der Waals surface area contributed by atoms with Crippen molar-refractivity contribution in [3.8, 4) is 22.3 Å². The first-order valence-corrected chi connectivity index (χ1v) is 12.6. The van der Waals surface area contributed by atoms with Gasteiger partial charge in [0.25, 0.3) is 0 Å². The zero-order chi connectivity index (χ0) is 37.3. The molecule has 6 rings (SSSR count). The molecule has 0 saturated carbocycles. The third kappa shape index (κ3) is 4.03. The fraction of sp³-hybridized carbons (Fsp3) is 0. The third-order valence-electron chi connectivity index (χ3n) is 7.61. The van der Waals surface area contributed by atoms with Gasteiger partial charge in [-0.05, 0) is 0 Å². The molecule has 0 atom stereocenters. The molecule has 0 heterocycles. The van der Waals surface area contributed by atoms with E-state index in [1.807, 2.05) is 0 Å². The SMILES string of the molecule is O=C1c2c(F)c(F)c(F)c(F)c2C(=O)c2c1c(-c1c(F)c(F)c(F)c(F)c1F)c1c(F)c(F)c(F)c(F)c1c2-c1c(F)c(F)c(F)c(F)c1F. The normalized spacial score (nSPS) is 12.7. The molecule has 0 unspecified atom stereocenters. The molecule has 258 valence electrons. The molecule has 0 bridgehead atoms. The summed E-state index contributed by atoms with van der Waals surface area (Å²) >= 11 is 0. The summed E-state index contributed by atoms with van der Waals surface area (Å²) in [6.07, 6.45) is 0. The quantitative estimate of drug-likeness (QED) is 0.101. The zero-order valence-electron chi connectivity index (χ0n) is 22.6. The maximum atomic E-state index is 15.7. The second-order valence-electron chi connectivity index (χ2n) is 10.1. The van der Waals surface area contributed by atoms with E-state index in [2.05, 4.69) is 0 Å². The van der Waals surface area contributed by atoms with E-state index in [1.165, 1.54) is 0 Å². The number of rotatable bonds is 2. The number of carbonyl (C=O) groups is 2. The third-order valence-corrected chi connectivity index (χ3v) is 7.61. The van der Waals surface area contributed by atoms with Crippen LogP contribution >= 0.6 is 0 Å². The molecule has 0 aliphatic heterocycles. The number of ketones is 2. The zero-order valence-corrected chi connectivity index (χ0v) is 22.6. The van der Waals surface area contributed by atoms with Gasteiger partial charge in [0, 0.05) is 33.0 Å². The van der Waals surface area contributed by atoms with Crippen molar-refractivity contribution in [1.82, 2.24) is 0 Å². The summed E-state index contributed by atoms with van der Waals surface area (Å²) in [5.74, 6) is -60.5. The highest BCUT2D eigenvalue weighted by molar-refractivity contribution is 6.36. The maximum absolute atomic E-state index is 15.7. The predicted molar refractivity (Wildman–Crippen MR) is 127 cm³/mol. The van der Waals surface area contributed by atoms with Crippen LogP contribution in [0.1, 0.15) is 31.8 Å². The number of benzene rings is 5. The van der Waals surface area contributed by atoms with E-state index in [0.29, 0.717) is 0 Å². The van der Waals surface area contributed by atoms with Crippen LogP contribution in [-0.4, -0.2) is 11.6 Å². The minimum atomic E-state index is -3.12. The Morgan fingerprint density at radius 1 is 0.180 bits per heavy atom. The molecule has 0 fully saturated rings. The summed E-state index contributed by atoms with van der Waals surface area (Å²) in [6.45, 7) is 0. The molecule has 0 spiro atoms. The Kier molecular flexibility index (Phi) is 7.53. The molecule has 1 aliphatic rings. The van der Waals surface area contributed by atoms with Crippen molar-refractivity contribution >= 4 is 22.3 Å². The summed E-state index contributed by atoms with van der Waals surface area (Å²) in [4.78, 5) is 27.5. The topological polar surface area (TPSA) is 34.1 Å². The Morgan fingerprint density at radius 2 is 0.360 bits per heavy atom. The maximum Gasteiger partial charge on any atom is 0.200 e. The highest BCUT2D eigenvalue weighted by Gasteiger charge is 2.47. The van der Waals surface area contributed by atoms with Gasteiger partial charge in [-0.15, -0.1) is 0 Å². The predicted octanol–water partition coefficient (Wildman–Crippen LogP) is 9.45. The first-order valence-electron chi connectivity index (χ1n) is 12.6. The summed E-state index contributed by atoms with van der Waals surface area (Å²) in [7, 11) is 0. The Hall–Kier alpha value is -5.56. The van der Waals surface area contributed by atoms with Gasteiger partial charge in [0.2, 0.25) is 11.6 Å². The van der Waals surface area contributed by atoms with Crippen molar-refractivity contribution < 1.29 is 88.6 Å². The molecule has 0 saturated heterocycles. The van der Waals surface area contributed by atoms with Crippen molar-refractivity contribution in [2.45, 2.75) is 0 Å². The van der Waals surface area contributed by atoms with Crippen LogP contribution in [0.4, 0.5) is 79.0 Å². The molecule has 2 nitrogen and oxygen atoms in total. The molecule has 50 heavy (non-hydrogen) atoms. The van der Waals surface area contributed by atoms with Crippen LogP contribution < -0.4 is 0 Å². The van der Waals surface area contributed by atoms with E-state index in [9.17, 15) is 53.5 Å². The van der Waals surface area contributed by atoms with E-state index in [4.69, 9.17) is 0 Å². The van der Waals surface area contributed by atoms with Crippen molar-refractivity contribution in [2.24, 2.45) is 0 Å². The van der Waals surface area contributed by atoms with Gasteiger partial charge < -0.3 is 0 Å². The lowest BCUT2D eigenvalue weighted by Crippen LogP contribution is -2.28. The second-order valence-corrected chi connectivity index (χ2v) is 10.1. The van der Waals surface area contributed by atoms with Crippen LogP contribution in [0.25, 0.3) is 33.0 Å². The molecule has 5 aromatic rings. The van der Waals surface area contributed by atoms with E-state index >= 15 is 35.1 Å². The molecule has 0 N–H and O–H groups in total. The number of fused-ring (bicyclic) bond motifs is 3. The van der Waals surface area contributed by atoms with E-state index in [0.717, 1.165) is 0 Å². The number of halogens is 18. The highest BCUT2D eigenvalue weighted by atomic mass is 19.2. The van der Waals surface area contributed by atoms with Gasteiger partial charge in [-0.3, -0.25) is 9.59 Å². The molecular formula is C30F18O2. The molecular weight excluding hydrogens is 734 g/mol. The van der Waals surface area contributed by atoms with E-state index in [1.54, 1.807) is 0 Å². The van der Waals surface area contributed by atoms with Crippen molar-refractivity contribution in [3.63, 3.8) is 0 Å². The van der Waals surface area contributed by atoms with Gasteiger partial charge >= 0.3 is 0 Å². The summed E-state index contributed by atoms with van der Waals surface area (Å²) in [5, 5.41) is -5.09. The van der Waals surface area contributed by atoms with Gasteiger partial charge in [0.15, 0.2) is 105 Å². The highest BCUT2D eigenvalue weighted by Crippen LogP contribution is 2.52. The van der Waals surface area contributed by atoms with Crippen LogP contribution in [0, 0.1) is 105 Å². The summed E-state index contributed by atoms with van der Waals surface area (Å²) in [5.41, 5.74) is -20.0. The van der Waals surface area contributed by atoms with Gasteiger partial charge in [-0.25, -0.2) is 79.0 Å². The Morgan fingerprint density at radius 3 is 0.600 bits per heavy atom. The largest absolute Gasteiger partial charge is 0.288 e. The Balaban J connectivity index is 2.09. The lowest BCUT2D eigenvalue weighted by Gasteiger charge is -2.27. The lowest BCUT2D eigenvalue weighted by molar-refractivity contribution is 0.0970. The van der Waals surface area contributed by atoms with Gasteiger partial charge in [-0.2, -0.15) is 0 Å². The lowest BCUT2D eigenvalue weighted by atomic mass is 9.73. The van der Waals surface area contributed by atoms with Crippen LogP contribution in [0.5, 0.6) is 0 Å². The van der Waals surface area contributed by atoms with E-state index in [-0.39, 0.29) is 0 Å². The van der Waals surface area contributed by atoms with Crippen LogP contribution in [0.2, 0.25) is 0 Å². The summed E-state index contributed by atoms with van der Waals surface area (Å²) in [6, 6.07) is 0. The fourth-order valence-corrected chi connectivity index (χ4v) is 5.51. The van der Waals surface area contributed by atoms with Gasteiger partial charge in [-0.1, -0.05) is 0 Å². The Labute approximate surface area is 260 Å². The number of carbonyl (C=O) groups excluding carboxylic acids is 2. The van der Waals surface area contributed by atoms with Crippen LogP contribution in [0.15, 0.2) is 0 Å². The molecule has 0 aromatic heterocycles. The van der Waals surface area contributed by atoms with Gasteiger partial charge in [0.05, 0.1) is 22.3 Å². The average molecular weight is 734 g/mol. The molecule has 5 aromatic carbocycles. The fourth-order valence-electron chi connectivity index (χ4n) is 5.51. The second kappa shape index (κ2) is 11.0. The van der Waals surface area contributed by atoms with Crippen LogP contribution in [0.3, 0.4) is 0 Å². The first-order chi connectivity index (χ1) is 23.2. The number of hydrogen-bond donors (Lipinski definition) is 0. The Bertz CT molecular complexity index is 2280. The minimum Gasteiger partial charge on any atom is -0.288 e. The smallest absolute Gasteiger partial charge is 0.200 e. The van der Waals surface area contributed by atoms with Crippen molar-refractivity contribution in [2.75, 3.05) is 0 Å². The van der Waals surface area contributed by atoms with Crippen molar-refractivity contribution in [1.29, 1.82) is 0 Å². The molecule has 20 heteroatoms. The van der Waals surface area contributed by atoms with Crippen LogP contribution in [-0.2, 0) is 0 Å². The van der Waals surface area contributed by atoms with Gasteiger partial charge in [0.1, 0.15) is 0 Å². The first kappa shape index (κ1) is 34.3. The number of hydrogen-bond acceptors (Lipinski definition) is 2. The molecule has 0 amide bonds. The van der Waals surface area contributed by atoms with E-state index < -0.39 is 172 Å². The monoisotopic (exact) mass is 734 g/mol. The standard InChI is InChI=1S/C30F18O2/c31-11-3-1(7-13(33)21(41)27(47)22(42)14(7)34)5-6(30(50)10-9(29(5)49)17(37)25(45)26(46)18(10)38)2(4(3)12(32)20(40)19(11)39)8-15(35)23(43)28(48)24(44)16(8)36. The minimum absolute atomic E-state index is 2.37. The molecule has 0 radical (unpaired) electrons. The average Bonchev–Trinajstić information content (AvgIpc) is 3.09. The summed E-state index contributed by atoms with van der Waals surface area (Å²) < 4.78 is 266. The molecule has 1 aliphatic carbocycles. The van der Waals surface area contributed by atoms with Crippen molar-refractivity contribution in [3.05, 3.63) is 127 Å².